The molecule has 0 radical (unpaired) electrons. The van der Waals surface area contributed by atoms with Crippen molar-refractivity contribution in [3.63, 3.8) is 0 Å². The van der Waals surface area contributed by atoms with E-state index in [1.165, 1.54) is 11.8 Å². The molecule has 0 spiro atoms. The van der Waals surface area contributed by atoms with Gasteiger partial charge in [0.1, 0.15) is 6.07 Å². The largest absolute Gasteiger partial charge is 0.375 e. The molecule has 0 heterocycles. The number of nitriles is 2. The summed E-state index contributed by atoms with van der Waals surface area (Å²) in [6.45, 7) is 3.06. The molecule has 0 aliphatic carbocycles. The number of hydrogen-bond acceptors (Lipinski definition) is 4. The Balaban J connectivity index is 2.26. The second kappa shape index (κ2) is 6.83. The first-order valence-corrected chi connectivity index (χ1v) is 7.43. The topological polar surface area (TPSA) is 50.8 Å². The minimum Gasteiger partial charge on any atom is -0.375 e. The first-order chi connectivity index (χ1) is 10.2. The minimum absolute atomic E-state index is 0.568. The fourth-order valence-electron chi connectivity index (χ4n) is 1.85. The normalized spacial score (nSPS) is 9.71. The van der Waals surface area contributed by atoms with Crippen molar-refractivity contribution >= 4 is 17.4 Å². The first-order valence-electron chi connectivity index (χ1n) is 6.61. The molecule has 4 heteroatoms. The molecule has 0 aliphatic rings. The average molecular weight is 293 g/mol. The number of benzene rings is 2. The second-order valence-electron chi connectivity index (χ2n) is 4.54. The van der Waals surface area contributed by atoms with Gasteiger partial charge in [-0.05, 0) is 49.4 Å². The van der Waals surface area contributed by atoms with Gasteiger partial charge in [0.15, 0.2) is 0 Å². The minimum atomic E-state index is 0.568. The van der Waals surface area contributed by atoms with E-state index in [4.69, 9.17) is 10.5 Å². The summed E-state index contributed by atoms with van der Waals surface area (Å²) in [6.07, 6.45) is 0. The Hall–Kier alpha value is -2.43. The highest BCUT2D eigenvalue weighted by atomic mass is 32.2. The smallest absolute Gasteiger partial charge is 0.100 e. The molecule has 2 rings (SSSR count). The second-order valence-corrected chi connectivity index (χ2v) is 5.66. The van der Waals surface area contributed by atoms with Crippen molar-refractivity contribution in [2.24, 2.45) is 0 Å². The zero-order chi connectivity index (χ0) is 15.2. The summed E-state index contributed by atoms with van der Waals surface area (Å²) in [6, 6.07) is 17.6. The maximum Gasteiger partial charge on any atom is 0.100 e. The van der Waals surface area contributed by atoms with Crippen LogP contribution < -0.4 is 4.90 Å². The standard InChI is InChI=1S/C17H15N3S/c1-3-20(2)15-6-8-16(9-7-15)21-17-10-13(11-18)4-5-14(17)12-19/h4-10H,3H2,1-2H3. The Kier molecular flexibility index (Phi) is 4.87. The highest BCUT2D eigenvalue weighted by molar-refractivity contribution is 7.99. The van der Waals surface area contributed by atoms with Crippen LogP contribution in [0.5, 0.6) is 0 Å². The number of hydrogen-bond donors (Lipinski definition) is 0. The van der Waals surface area contributed by atoms with Gasteiger partial charge in [0.2, 0.25) is 0 Å². The van der Waals surface area contributed by atoms with E-state index in [0.717, 1.165) is 22.0 Å². The Labute approximate surface area is 129 Å². The van der Waals surface area contributed by atoms with Crippen LogP contribution in [0.4, 0.5) is 5.69 Å². The molecule has 3 nitrogen and oxygen atoms in total. The van der Waals surface area contributed by atoms with Crippen molar-refractivity contribution in [3.8, 4) is 12.1 Å². The van der Waals surface area contributed by atoms with Crippen LogP contribution in [0.25, 0.3) is 0 Å². The van der Waals surface area contributed by atoms with E-state index >= 15 is 0 Å². The molecule has 0 aliphatic heterocycles. The van der Waals surface area contributed by atoms with Gasteiger partial charge >= 0.3 is 0 Å². The maximum atomic E-state index is 9.16. The molecule has 0 atom stereocenters. The van der Waals surface area contributed by atoms with Crippen LogP contribution in [-0.2, 0) is 0 Å². The van der Waals surface area contributed by atoms with Crippen LogP contribution in [0.15, 0.2) is 52.3 Å². The molecule has 0 N–H and O–H groups in total. The average Bonchev–Trinajstić information content (AvgIpc) is 2.54. The summed E-state index contributed by atoms with van der Waals surface area (Å²) >= 11 is 1.50. The van der Waals surface area contributed by atoms with Crippen LogP contribution in [0.2, 0.25) is 0 Å². The zero-order valence-corrected chi connectivity index (χ0v) is 12.8. The lowest BCUT2D eigenvalue weighted by atomic mass is 10.2. The summed E-state index contributed by atoms with van der Waals surface area (Å²) in [4.78, 5) is 4.02. The van der Waals surface area contributed by atoms with Crippen LogP contribution in [0.3, 0.4) is 0 Å². The third kappa shape index (κ3) is 3.56. The van der Waals surface area contributed by atoms with Crippen molar-refractivity contribution in [2.75, 3.05) is 18.5 Å². The molecule has 2 aromatic rings. The summed E-state index contributed by atoms with van der Waals surface area (Å²) in [7, 11) is 2.05. The molecule has 2 aromatic carbocycles. The van der Waals surface area contributed by atoms with E-state index in [0.29, 0.717) is 11.1 Å². The van der Waals surface area contributed by atoms with Gasteiger partial charge in [0.25, 0.3) is 0 Å². The van der Waals surface area contributed by atoms with Crippen molar-refractivity contribution in [1.82, 2.24) is 0 Å². The summed E-state index contributed by atoms with van der Waals surface area (Å²) < 4.78 is 0. The number of anilines is 1. The molecule has 0 bridgehead atoms. The molecule has 0 aromatic heterocycles. The third-order valence-electron chi connectivity index (χ3n) is 3.21. The monoisotopic (exact) mass is 293 g/mol. The highest BCUT2D eigenvalue weighted by Gasteiger charge is 2.06. The number of nitrogens with zero attached hydrogens (tertiary/aromatic N) is 3. The molecule has 21 heavy (non-hydrogen) atoms. The van der Waals surface area contributed by atoms with E-state index in [1.807, 2.05) is 19.2 Å². The van der Waals surface area contributed by atoms with Crippen LogP contribution in [0.1, 0.15) is 18.1 Å². The van der Waals surface area contributed by atoms with Crippen molar-refractivity contribution in [2.45, 2.75) is 16.7 Å². The van der Waals surface area contributed by atoms with Gasteiger partial charge in [-0.15, -0.1) is 0 Å². The van der Waals surface area contributed by atoms with Gasteiger partial charge < -0.3 is 4.90 Å². The Bertz CT molecular complexity index is 708. The molecule has 0 amide bonds. The molecule has 0 unspecified atom stereocenters. The van der Waals surface area contributed by atoms with Gasteiger partial charge in [-0.2, -0.15) is 10.5 Å². The first kappa shape index (κ1) is 15.0. The summed E-state index contributed by atoms with van der Waals surface area (Å²) in [5.74, 6) is 0. The molecule has 0 fully saturated rings. The van der Waals surface area contributed by atoms with Crippen molar-refractivity contribution in [1.29, 1.82) is 10.5 Å². The van der Waals surface area contributed by atoms with E-state index in [9.17, 15) is 0 Å². The highest BCUT2D eigenvalue weighted by Crippen LogP contribution is 2.32. The van der Waals surface area contributed by atoms with E-state index < -0.39 is 0 Å². The van der Waals surface area contributed by atoms with Crippen LogP contribution >= 0.6 is 11.8 Å². The van der Waals surface area contributed by atoms with Gasteiger partial charge in [0, 0.05) is 29.1 Å². The van der Waals surface area contributed by atoms with Gasteiger partial charge in [-0.3, -0.25) is 0 Å². The Morgan fingerprint density at radius 1 is 1.05 bits per heavy atom. The maximum absolute atomic E-state index is 9.16. The van der Waals surface area contributed by atoms with E-state index in [-0.39, 0.29) is 0 Å². The van der Waals surface area contributed by atoms with Crippen LogP contribution in [-0.4, -0.2) is 13.6 Å². The quantitative estimate of drug-likeness (QED) is 0.853. The lowest BCUT2D eigenvalue weighted by Crippen LogP contribution is -2.15. The third-order valence-corrected chi connectivity index (χ3v) is 4.28. The van der Waals surface area contributed by atoms with Crippen molar-refractivity contribution in [3.05, 3.63) is 53.6 Å². The van der Waals surface area contributed by atoms with Crippen LogP contribution in [0, 0.1) is 22.7 Å². The molecule has 0 saturated heterocycles. The van der Waals surface area contributed by atoms with Gasteiger partial charge in [-0.25, -0.2) is 0 Å². The van der Waals surface area contributed by atoms with Gasteiger partial charge in [-0.1, -0.05) is 11.8 Å². The molecular formula is C17H15N3S. The summed E-state index contributed by atoms with van der Waals surface area (Å²) in [5, 5.41) is 18.1. The zero-order valence-electron chi connectivity index (χ0n) is 12.0. The van der Waals surface area contributed by atoms with E-state index in [2.05, 4.69) is 36.1 Å². The Morgan fingerprint density at radius 2 is 1.76 bits per heavy atom. The molecular weight excluding hydrogens is 278 g/mol. The predicted octanol–water partition coefficient (Wildman–Crippen LogP) is 4.04. The van der Waals surface area contributed by atoms with Crippen molar-refractivity contribution < 1.29 is 0 Å². The predicted molar refractivity (Wildman–Crippen MR) is 85.4 cm³/mol. The van der Waals surface area contributed by atoms with Gasteiger partial charge in [0.05, 0.1) is 17.2 Å². The lowest BCUT2D eigenvalue weighted by Gasteiger charge is -2.16. The Morgan fingerprint density at radius 3 is 2.33 bits per heavy atom. The van der Waals surface area contributed by atoms with E-state index in [1.54, 1.807) is 18.2 Å². The fraction of sp³-hybridized carbons (Fsp3) is 0.176. The summed E-state index contributed by atoms with van der Waals surface area (Å²) in [5.41, 5.74) is 2.32. The molecule has 0 saturated carbocycles. The fourth-order valence-corrected chi connectivity index (χ4v) is 2.78. The lowest BCUT2D eigenvalue weighted by molar-refractivity contribution is 0.967. The number of rotatable bonds is 4. The molecule has 104 valence electrons. The SMILES string of the molecule is CCN(C)c1ccc(Sc2cc(C#N)ccc2C#N)cc1.